The van der Waals surface area contributed by atoms with Crippen LogP contribution in [0.3, 0.4) is 0 Å². The lowest BCUT2D eigenvalue weighted by Gasteiger charge is -2.17. The lowest BCUT2D eigenvalue weighted by atomic mass is 10.1. The summed E-state index contributed by atoms with van der Waals surface area (Å²) in [6, 6.07) is 16.8. The summed E-state index contributed by atoms with van der Waals surface area (Å²) in [5, 5.41) is 7.01. The molecule has 0 bridgehead atoms. The molecule has 132 valence electrons. The summed E-state index contributed by atoms with van der Waals surface area (Å²) in [6.07, 6.45) is 3.74. The first kappa shape index (κ1) is 19.1. The molecule has 2 aromatic rings. The Bertz CT molecular complexity index is 621. The summed E-state index contributed by atoms with van der Waals surface area (Å²) < 4.78 is 0. The van der Waals surface area contributed by atoms with Crippen LogP contribution >= 0.6 is 0 Å². The zero-order valence-corrected chi connectivity index (χ0v) is 14.9. The minimum absolute atomic E-state index is 0.408. The zero-order valence-electron chi connectivity index (χ0n) is 14.9. The van der Waals surface area contributed by atoms with Crippen molar-refractivity contribution in [2.24, 2.45) is 11.7 Å². The van der Waals surface area contributed by atoms with Crippen molar-refractivity contribution in [1.82, 2.24) is 10.6 Å². The Morgan fingerprint density at radius 1 is 0.840 bits per heavy atom. The van der Waals surface area contributed by atoms with Crippen LogP contribution in [0.2, 0.25) is 0 Å². The van der Waals surface area contributed by atoms with E-state index in [-0.39, 0.29) is 0 Å². The van der Waals surface area contributed by atoms with Crippen LogP contribution in [0.15, 0.2) is 61.7 Å². The van der Waals surface area contributed by atoms with Crippen molar-refractivity contribution in [2.45, 2.75) is 13.1 Å². The van der Waals surface area contributed by atoms with Crippen molar-refractivity contribution in [2.75, 3.05) is 19.6 Å². The molecule has 2 aromatic carbocycles. The van der Waals surface area contributed by atoms with Crippen molar-refractivity contribution >= 4 is 12.2 Å². The topological polar surface area (TPSA) is 50.1 Å². The van der Waals surface area contributed by atoms with Gasteiger partial charge in [0.1, 0.15) is 0 Å². The van der Waals surface area contributed by atoms with Gasteiger partial charge >= 0.3 is 0 Å². The van der Waals surface area contributed by atoms with E-state index in [0.717, 1.165) is 37.3 Å². The molecule has 0 amide bonds. The molecule has 0 atom stereocenters. The molecule has 0 heterocycles. The number of nitrogens with two attached hydrogens (primary N) is 1. The number of rotatable bonds is 11. The molecule has 0 aliphatic heterocycles. The standard InChI is InChI=1S/C22H29N3/c1-3-18-7-5-9-20(11-18)14-24-16-22(13-23)17-25-15-21-10-6-8-19(4-2)12-21/h3-12,22,24-25H,1-2,13-17,23H2. The van der Waals surface area contributed by atoms with Crippen LogP contribution in [0.25, 0.3) is 12.2 Å². The van der Waals surface area contributed by atoms with Crippen LogP contribution < -0.4 is 16.4 Å². The number of hydrogen-bond acceptors (Lipinski definition) is 3. The summed E-state index contributed by atoms with van der Waals surface area (Å²) in [7, 11) is 0. The fraction of sp³-hybridized carbons (Fsp3) is 0.273. The van der Waals surface area contributed by atoms with Crippen molar-refractivity contribution in [1.29, 1.82) is 0 Å². The first-order valence-corrected chi connectivity index (χ1v) is 8.79. The molecule has 0 saturated carbocycles. The second-order valence-electron chi connectivity index (χ2n) is 6.26. The molecule has 25 heavy (non-hydrogen) atoms. The van der Waals surface area contributed by atoms with E-state index in [1.807, 2.05) is 12.2 Å². The Hall–Kier alpha value is -2.20. The summed E-state index contributed by atoms with van der Waals surface area (Å²) in [4.78, 5) is 0. The van der Waals surface area contributed by atoms with Gasteiger partial charge in [-0.3, -0.25) is 0 Å². The Morgan fingerprint density at radius 3 is 1.72 bits per heavy atom. The first-order chi connectivity index (χ1) is 12.2. The van der Waals surface area contributed by atoms with E-state index in [1.165, 1.54) is 11.1 Å². The predicted octanol–water partition coefficient (Wildman–Crippen LogP) is 3.43. The smallest absolute Gasteiger partial charge is 0.0205 e. The number of hydrogen-bond donors (Lipinski definition) is 3. The van der Waals surface area contributed by atoms with Gasteiger partial charge in [-0.05, 0) is 34.7 Å². The molecule has 0 saturated heterocycles. The van der Waals surface area contributed by atoms with Crippen LogP contribution in [-0.2, 0) is 13.1 Å². The Balaban J connectivity index is 1.72. The van der Waals surface area contributed by atoms with E-state index in [0.29, 0.717) is 12.5 Å². The first-order valence-electron chi connectivity index (χ1n) is 8.79. The van der Waals surface area contributed by atoms with Crippen molar-refractivity contribution in [3.8, 4) is 0 Å². The maximum absolute atomic E-state index is 5.92. The minimum Gasteiger partial charge on any atom is -0.330 e. The van der Waals surface area contributed by atoms with Gasteiger partial charge in [-0.15, -0.1) is 0 Å². The molecule has 3 nitrogen and oxygen atoms in total. The van der Waals surface area contributed by atoms with E-state index in [4.69, 9.17) is 5.73 Å². The monoisotopic (exact) mass is 335 g/mol. The van der Waals surface area contributed by atoms with Gasteiger partial charge in [-0.2, -0.15) is 0 Å². The molecule has 0 aromatic heterocycles. The van der Waals surface area contributed by atoms with E-state index >= 15 is 0 Å². The van der Waals surface area contributed by atoms with Crippen LogP contribution in [-0.4, -0.2) is 19.6 Å². The van der Waals surface area contributed by atoms with Gasteiger partial charge in [-0.25, -0.2) is 0 Å². The van der Waals surface area contributed by atoms with Crippen LogP contribution in [0.4, 0.5) is 0 Å². The largest absolute Gasteiger partial charge is 0.330 e. The van der Waals surface area contributed by atoms with Gasteiger partial charge in [0.15, 0.2) is 0 Å². The van der Waals surface area contributed by atoms with Crippen LogP contribution in [0, 0.1) is 5.92 Å². The SMILES string of the molecule is C=Cc1cccc(CNCC(CN)CNCc2cccc(C=C)c2)c1. The fourth-order valence-corrected chi connectivity index (χ4v) is 2.74. The third kappa shape index (κ3) is 6.67. The molecule has 2 rings (SSSR count). The minimum atomic E-state index is 0.408. The third-order valence-electron chi connectivity index (χ3n) is 4.23. The van der Waals surface area contributed by atoms with Crippen molar-refractivity contribution in [3.63, 3.8) is 0 Å². The van der Waals surface area contributed by atoms with Gasteiger partial charge in [0.05, 0.1) is 0 Å². The molecule has 0 unspecified atom stereocenters. The molecule has 0 fully saturated rings. The number of nitrogens with one attached hydrogen (secondary N) is 2. The summed E-state index contributed by atoms with van der Waals surface area (Å²) >= 11 is 0. The highest BCUT2D eigenvalue weighted by Gasteiger charge is 2.06. The lowest BCUT2D eigenvalue weighted by Crippen LogP contribution is -2.35. The average molecular weight is 335 g/mol. The molecular weight excluding hydrogens is 306 g/mol. The van der Waals surface area contributed by atoms with Crippen molar-refractivity contribution < 1.29 is 0 Å². The maximum atomic E-state index is 5.92. The van der Waals surface area contributed by atoms with E-state index < -0.39 is 0 Å². The predicted molar refractivity (Wildman–Crippen MR) is 109 cm³/mol. The lowest BCUT2D eigenvalue weighted by molar-refractivity contribution is 0.448. The van der Waals surface area contributed by atoms with Crippen LogP contribution in [0.5, 0.6) is 0 Å². The Labute approximate surface area is 151 Å². The van der Waals surface area contributed by atoms with Gasteiger partial charge in [0.25, 0.3) is 0 Å². The fourth-order valence-electron chi connectivity index (χ4n) is 2.74. The van der Waals surface area contributed by atoms with Crippen LogP contribution in [0.1, 0.15) is 22.3 Å². The molecule has 0 radical (unpaired) electrons. The normalized spacial score (nSPS) is 10.8. The Morgan fingerprint density at radius 2 is 1.32 bits per heavy atom. The van der Waals surface area contributed by atoms with Gasteiger partial charge < -0.3 is 16.4 Å². The highest BCUT2D eigenvalue weighted by Crippen LogP contribution is 2.07. The second kappa shape index (κ2) is 10.6. The maximum Gasteiger partial charge on any atom is 0.0205 e. The molecular formula is C22H29N3. The molecule has 3 heteroatoms. The van der Waals surface area contributed by atoms with E-state index in [9.17, 15) is 0 Å². The van der Waals surface area contributed by atoms with E-state index in [2.05, 4.69) is 72.3 Å². The zero-order chi connectivity index (χ0) is 17.9. The highest BCUT2D eigenvalue weighted by molar-refractivity contribution is 5.48. The Kier molecular flexibility index (Phi) is 8.13. The highest BCUT2D eigenvalue weighted by atomic mass is 14.9. The van der Waals surface area contributed by atoms with Gasteiger partial charge in [-0.1, -0.05) is 73.8 Å². The summed E-state index contributed by atoms with van der Waals surface area (Å²) in [5.74, 6) is 0.408. The number of benzene rings is 2. The van der Waals surface area contributed by atoms with E-state index in [1.54, 1.807) is 0 Å². The average Bonchev–Trinajstić information content (AvgIpc) is 2.67. The second-order valence-corrected chi connectivity index (χ2v) is 6.26. The quantitative estimate of drug-likeness (QED) is 0.590. The third-order valence-corrected chi connectivity index (χ3v) is 4.23. The molecule has 4 N–H and O–H groups in total. The van der Waals surface area contributed by atoms with Crippen molar-refractivity contribution in [3.05, 3.63) is 83.9 Å². The van der Waals surface area contributed by atoms with Gasteiger partial charge in [0.2, 0.25) is 0 Å². The molecule has 0 aliphatic carbocycles. The van der Waals surface area contributed by atoms with Gasteiger partial charge in [0, 0.05) is 26.2 Å². The summed E-state index contributed by atoms with van der Waals surface area (Å²) in [5.41, 5.74) is 10.8. The molecule has 0 spiro atoms. The molecule has 0 aliphatic rings. The summed E-state index contributed by atoms with van der Waals surface area (Å²) in [6.45, 7) is 11.8.